The second kappa shape index (κ2) is 9.92. The summed E-state index contributed by atoms with van der Waals surface area (Å²) in [7, 11) is 0. The van der Waals surface area contributed by atoms with Crippen molar-refractivity contribution in [1.82, 2.24) is 19.5 Å². The Morgan fingerprint density at radius 1 is 0.579 bits per heavy atom. The van der Waals surface area contributed by atoms with Crippen LogP contribution < -0.4 is 0 Å². The second-order valence-corrected chi connectivity index (χ2v) is 10.5. The Morgan fingerprint density at radius 2 is 1.05 bits per heavy atom. The van der Waals surface area contributed by atoms with Gasteiger partial charge in [0, 0.05) is 52.7 Å². The fraction of sp³-hybridized carbons (Fsp3) is 0.182. The average molecular weight is 676 g/mol. The Bertz CT molecular complexity index is 1600. The van der Waals surface area contributed by atoms with Crippen molar-refractivity contribution < 1.29 is 21.1 Å². The molecule has 0 aliphatic rings. The molecule has 2 aromatic carbocycles. The minimum absolute atomic E-state index is 0. The van der Waals surface area contributed by atoms with Crippen LogP contribution >= 0.6 is 0 Å². The first kappa shape index (κ1) is 26.0. The molecule has 4 heterocycles. The number of aromatic nitrogens is 4. The van der Waals surface area contributed by atoms with Crippen molar-refractivity contribution in [3.05, 3.63) is 132 Å². The van der Waals surface area contributed by atoms with E-state index in [-0.39, 0.29) is 31.9 Å². The van der Waals surface area contributed by atoms with Crippen molar-refractivity contribution in [2.75, 3.05) is 0 Å². The molecule has 38 heavy (non-hydrogen) atoms. The molecule has 0 radical (unpaired) electrons. The molecule has 0 spiro atoms. The van der Waals surface area contributed by atoms with Gasteiger partial charge in [-0.25, -0.2) is 10.8 Å². The Kier molecular flexibility index (Phi) is 6.79. The van der Waals surface area contributed by atoms with Gasteiger partial charge in [0.15, 0.2) is 0 Å². The van der Waals surface area contributed by atoms with Crippen molar-refractivity contribution in [3.8, 4) is 5.69 Å². The van der Waals surface area contributed by atoms with Crippen LogP contribution in [0.2, 0.25) is 0 Å². The van der Waals surface area contributed by atoms with Crippen LogP contribution in [-0.2, 0) is 31.9 Å². The van der Waals surface area contributed by atoms with Gasteiger partial charge in [-0.2, -0.15) is 12.1 Å². The summed E-state index contributed by atoms with van der Waals surface area (Å²) in [5.41, 5.74) is 6.86. The summed E-state index contributed by atoms with van der Waals surface area (Å²) in [5, 5.41) is 2.10. The first-order valence-corrected chi connectivity index (χ1v) is 12.5. The summed E-state index contributed by atoms with van der Waals surface area (Å²) in [4.78, 5) is 13.5. The van der Waals surface area contributed by atoms with Crippen molar-refractivity contribution in [2.24, 2.45) is 0 Å². The number of benzene rings is 2. The zero-order chi connectivity index (χ0) is 25.6. The summed E-state index contributed by atoms with van der Waals surface area (Å²) in [5.74, 6) is 0. The van der Waals surface area contributed by atoms with E-state index in [9.17, 15) is 0 Å². The van der Waals surface area contributed by atoms with Gasteiger partial charge in [0.2, 0.25) is 0 Å². The number of hydrogen-bond acceptors (Lipinski definition) is 3. The monoisotopic (exact) mass is 675 g/mol. The molecule has 4 aromatic heterocycles. The van der Waals surface area contributed by atoms with E-state index in [0.717, 1.165) is 50.0 Å². The van der Waals surface area contributed by atoms with E-state index < -0.39 is 0 Å². The fourth-order valence-corrected chi connectivity index (χ4v) is 5.10. The van der Waals surface area contributed by atoms with Crippen LogP contribution in [0.15, 0.2) is 97.6 Å². The average Bonchev–Trinajstić information content (AvgIpc) is 3.27. The van der Waals surface area contributed by atoms with Gasteiger partial charge in [0.1, 0.15) is 0 Å². The van der Waals surface area contributed by atoms with E-state index in [2.05, 4.69) is 95.7 Å². The van der Waals surface area contributed by atoms with Crippen LogP contribution in [-0.4, -0.2) is 19.5 Å². The fourth-order valence-electron chi connectivity index (χ4n) is 5.10. The van der Waals surface area contributed by atoms with Gasteiger partial charge < -0.3 is 4.57 Å². The Morgan fingerprint density at radius 3 is 1.47 bits per heavy atom. The Labute approximate surface area is 238 Å². The largest absolute Gasteiger partial charge is 2.00 e. The maximum atomic E-state index is 4.66. The van der Waals surface area contributed by atoms with Crippen LogP contribution in [0, 0.1) is 12.1 Å². The summed E-state index contributed by atoms with van der Waals surface area (Å²) in [6, 6.07) is 32.6. The van der Waals surface area contributed by atoms with E-state index in [1.807, 2.05) is 61.2 Å². The Hall–Kier alpha value is -3.62. The molecule has 0 unspecified atom stereocenters. The standard InChI is InChI=1S/C33H28N4.Pt/c1-32(2,30-9-5-7-17-35-30)23-11-13-28-26(21-23)27-22-24(33(3,4)31-10-6-8-18-36-31)12-14-29(27)37(28)25-15-19-34-20-16-25;/h5-20H,1-4H3;/q-2;+2. The van der Waals surface area contributed by atoms with Crippen LogP contribution in [0.5, 0.6) is 0 Å². The molecule has 190 valence electrons. The third-order valence-electron chi connectivity index (χ3n) is 7.46. The molecule has 0 amide bonds. The molecular formula is C33H28N4Pt. The first-order chi connectivity index (χ1) is 17.9. The molecule has 0 fully saturated rings. The maximum absolute atomic E-state index is 4.66. The van der Waals surface area contributed by atoms with Crippen molar-refractivity contribution in [3.63, 3.8) is 0 Å². The molecule has 0 N–H and O–H groups in total. The normalized spacial score (nSPS) is 12.0. The maximum Gasteiger partial charge on any atom is 2.00 e. The molecular weight excluding hydrogens is 647 g/mol. The Balaban J connectivity index is 0.00000294. The summed E-state index contributed by atoms with van der Waals surface area (Å²) in [6.07, 6.45) is 7.37. The van der Waals surface area contributed by atoms with Gasteiger partial charge in [-0.15, -0.1) is 35.4 Å². The van der Waals surface area contributed by atoms with Crippen LogP contribution in [0.25, 0.3) is 27.5 Å². The van der Waals surface area contributed by atoms with E-state index in [4.69, 9.17) is 0 Å². The summed E-state index contributed by atoms with van der Waals surface area (Å²) in [6.45, 7) is 8.81. The predicted molar refractivity (Wildman–Crippen MR) is 149 cm³/mol. The minimum atomic E-state index is -0.300. The van der Waals surface area contributed by atoms with E-state index in [1.54, 1.807) is 0 Å². The van der Waals surface area contributed by atoms with Gasteiger partial charge in [0.05, 0.1) is 0 Å². The molecule has 0 atom stereocenters. The van der Waals surface area contributed by atoms with Gasteiger partial charge in [-0.1, -0.05) is 50.9 Å². The van der Waals surface area contributed by atoms with E-state index in [0.29, 0.717) is 0 Å². The van der Waals surface area contributed by atoms with Gasteiger partial charge >= 0.3 is 21.1 Å². The van der Waals surface area contributed by atoms with Crippen LogP contribution in [0.4, 0.5) is 0 Å². The molecule has 6 aromatic rings. The SMILES string of the molecule is CC(C)(c1[c-]c2c3[c-]c(C(C)(C)c4ccccn4)ccc3n(-c3ccncc3)c2cc1)c1ccccn1.[Pt+2]. The van der Waals surface area contributed by atoms with Crippen LogP contribution in [0.1, 0.15) is 50.2 Å². The quantitative estimate of drug-likeness (QED) is 0.182. The minimum Gasteiger partial charge on any atom is -0.409 e. The third-order valence-corrected chi connectivity index (χ3v) is 7.46. The van der Waals surface area contributed by atoms with Gasteiger partial charge in [-0.05, 0) is 36.4 Å². The van der Waals surface area contributed by atoms with Gasteiger partial charge in [0.25, 0.3) is 0 Å². The smallest absolute Gasteiger partial charge is 0.409 e. The van der Waals surface area contributed by atoms with Crippen molar-refractivity contribution in [2.45, 2.75) is 38.5 Å². The number of fused-ring (bicyclic) bond motifs is 3. The number of hydrogen-bond donors (Lipinski definition) is 0. The second-order valence-electron chi connectivity index (χ2n) is 10.5. The molecule has 0 bridgehead atoms. The topological polar surface area (TPSA) is 43.6 Å². The van der Waals surface area contributed by atoms with Gasteiger partial charge in [-0.3, -0.25) is 15.0 Å². The first-order valence-electron chi connectivity index (χ1n) is 12.5. The van der Waals surface area contributed by atoms with Crippen molar-refractivity contribution in [1.29, 1.82) is 0 Å². The van der Waals surface area contributed by atoms with Crippen LogP contribution in [0.3, 0.4) is 0 Å². The summed E-state index contributed by atoms with van der Waals surface area (Å²) >= 11 is 0. The molecule has 0 saturated heterocycles. The zero-order valence-corrected chi connectivity index (χ0v) is 24.1. The molecule has 0 aliphatic carbocycles. The number of rotatable bonds is 5. The number of pyridine rings is 3. The van der Waals surface area contributed by atoms with E-state index >= 15 is 0 Å². The molecule has 6 rings (SSSR count). The molecule has 0 saturated carbocycles. The number of nitrogens with zero attached hydrogens (tertiary/aromatic N) is 4. The molecule has 5 heteroatoms. The third kappa shape index (κ3) is 4.27. The predicted octanol–water partition coefficient (Wildman–Crippen LogP) is 7.22. The molecule has 0 aliphatic heterocycles. The zero-order valence-electron chi connectivity index (χ0n) is 21.8. The molecule has 4 nitrogen and oxygen atoms in total. The van der Waals surface area contributed by atoms with Crippen molar-refractivity contribution >= 4 is 21.8 Å². The van der Waals surface area contributed by atoms with E-state index in [1.165, 1.54) is 0 Å². The summed E-state index contributed by atoms with van der Waals surface area (Å²) < 4.78 is 2.27.